The molecule has 0 radical (unpaired) electrons. The number of halogens is 1. The van der Waals surface area contributed by atoms with Crippen LogP contribution in [0.1, 0.15) is 15.9 Å². The van der Waals surface area contributed by atoms with Gasteiger partial charge in [-0.3, -0.25) is 14.8 Å². The van der Waals surface area contributed by atoms with E-state index in [4.69, 9.17) is 16.3 Å². The minimum atomic E-state index is -0.372. The van der Waals surface area contributed by atoms with Crippen molar-refractivity contribution in [3.63, 3.8) is 0 Å². The first-order chi connectivity index (χ1) is 13.7. The molecule has 0 aliphatic heterocycles. The molecule has 0 atom stereocenters. The average Bonchev–Trinajstić information content (AvgIpc) is 2.75. The fourth-order valence-electron chi connectivity index (χ4n) is 2.06. The van der Waals surface area contributed by atoms with Crippen molar-refractivity contribution in [3.8, 4) is 5.75 Å². The van der Waals surface area contributed by atoms with Crippen LogP contribution < -0.4 is 10.2 Å². The van der Waals surface area contributed by atoms with Crippen molar-refractivity contribution in [2.24, 2.45) is 10.1 Å². The second kappa shape index (κ2) is 9.94. The number of benzene rings is 1. The van der Waals surface area contributed by atoms with Gasteiger partial charge < -0.3 is 4.74 Å². The Morgan fingerprint density at radius 1 is 1.07 bits per heavy atom. The third kappa shape index (κ3) is 6.00. The van der Waals surface area contributed by atoms with Gasteiger partial charge in [0.15, 0.2) is 5.84 Å². The Kier molecular flexibility index (Phi) is 6.81. The highest BCUT2D eigenvalue weighted by Crippen LogP contribution is 2.15. The third-order valence-corrected chi connectivity index (χ3v) is 3.71. The Balaban J connectivity index is 1.72. The lowest BCUT2D eigenvalue weighted by molar-refractivity contribution is 0.0954. The molecule has 7 nitrogen and oxygen atoms in total. The van der Waals surface area contributed by atoms with Gasteiger partial charge in [0, 0.05) is 47.2 Å². The molecule has 0 saturated carbocycles. The molecule has 0 aliphatic carbocycles. The van der Waals surface area contributed by atoms with Gasteiger partial charge in [-0.25, -0.2) is 10.4 Å². The quantitative estimate of drug-likeness (QED) is 0.395. The van der Waals surface area contributed by atoms with Crippen molar-refractivity contribution in [3.05, 3.63) is 89.5 Å². The zero-order valence-electron chi connectivity index (χ0n) is 14.7. The number of aromatic nitrogens is 2. The van der Waals surface area contributed by atoms with Gasteiger partial charge in [-0.2, -0.15) is 5.10 Å². The van der Waals surface area contributed by atoms with Crippen LogP contribution >= 0.6 is 11.6 Å². The number of amidine groups is 1. The van der Waals surface area contributed by atoms with Crippen LogP contribution in [-0.2, 0) is 0 Å². The number of ether oxygens (including phenoxy) is 1. The minimum absolute atomic E-state index is 0.0506. The Hall–Kier alpha value is -3.58. The number of carbonyl (C=O) groups is 1. The second-order valence-corrected chi connectivity index (χ2v) is 5.93. The Bertz CT molecular complexity index is 961. The Morgan fingerprint density at radius 3 is 2.57 bits per heavy atom. The maximum atomic E-state index is 12.2. The lowest BCUT2D eigenvalue weighted by Gasteiger charge is -2.07. The van der Waals surface area contributed by atoms with E-state index in [0.29, 0.717) is 16.3 Å². The van der Waals surface area contributed by atoms with Crippen LogP contribution in [0.15, 0.2) is 83.4 Å². The van der Waals surface area contributed by atoms with Crippen LogP contribution in [0, 0.1) is 0 Å². The molecule has 1 aromatic carbocycles. The van der Waals surface area contributed by atoms with Crippen molar-refractivity contribution in [1.82, 2.24) is 15.4 Å². The first kappa shape index (κ1) is 19.2. The van der Waals surface area contributed by atoms with E-state index in [9.17, 15) is 4.79 Å². The first-order valence-corrected chi connectivity index (χ1v) is 8.68. The average molecular weight is 394 g/mol. The van der Waals surface area contributed by atoms with Gasteiger partial charge in [0.05, 0.1) is 0 Å². The highest BCUT2D eigenvalue weighted by atomic mass is 35.5. The molecule has 2 aromatic heterocycles. The van der Waals surface area contributed by atoms with E-state index in [1.165, 1.54) is 12.4 Å². The molecule has 3 rings (SSSR count). The highest BCUT2D eigenvalue weighted by molar-refractivity contribution is 6.30. The normalized spacial score (nSPS) is 11.4. The lowest BCUT2D eigenvalue weighted by Crippen LogP contribution is -2.21. The standard InChI is InChI=1S/C20H16ClN5O2/c21-17-3-5-18(6-4-17)28-14-19(24-13-15-2-1-9-23-12-15)25-26-20(27)16-7-10-22-11-8-16/h1-13H,14H2,(H,26,27)/b24-13?,25-19+. The summed E-state index contributed by atoms with van der Waals surface area (Å²) in [5, 5.41) is 4.69. The highest BCUT2D eigenvalue weighted by Gasteiger charge is 2.05. The number of nitrogens with one attached hydrogen (secondary N) is 1. The van der Waals surface area contributed by atoms with Gasteiger partial charge in [-0.05, 0) is 42.5 Å². The summed E-state index contributed by atoms with van der Waals surface area (Å²) in [5.41, 5.74) is 3.70. The SMILES string of the molecule is O=C(N/N=C(\COc1ccc(Cl)cc1)N=Cc1cccnc1)c1ccncc1. The number of pyridine rings is 2. The Labute approximate surface area is 166 Å². The zero-order valence-corrected chi connectivity index (χ0v) is 15.5. The summed E-state index contributed by atoms with van der Waals surface area (Å²) >= 11 is 5.87. The fraction of sp³-hybridized carbons (Fsp3) is 0.0500. The molecule has 0 fully saturated rings. The lowest BCUT2D eigenvalue weighted by atomic mass is 10.3. The third-order valence-electron chi connectivity index (χ3n) is 3.46. The van der Waals surface area contributed by atoms with Gasteiger partial charge >= 0.3 is 0 Å². The molecular formula is C20H16ClN5O2. The molecule has 0 aliphatic rings. The molecule has 140 valence electrons. The molecule has 1 N–H and O–H groups in total. The molecule has 0 unspecified atom stereocenters. The van der Waals surface area contributed by atoms with Gasteiger partial charge in [-0.1, -0.05) is 17.7 Å². The summed E-state index contributed by atoms with van der Waals surface area (Å²) in [6.07, 6.45) is 7.99. The number of carbonyl (C=O) groups excluding carboxylic acids is 1. The van der Waals surface area contributed by atoms with Crippen molar-refractivity contribution in [2.75, 3.05) is 6.61 Å². The van der Waals surface area contributed by atoms with E-state index in [2.05, 4.69) is 25.5 Å². The zero-order chi connectivity index (χ0) is 19.6. The summed E-state index contributed by atoms with van der Waals surface area (Å²) in [6, 6.07) is 13.7. The molecule has 3 aromatic rings. The maximum absolute atomic E-state index is 12.2. The van der Waals surface area contributed by atoms with E-state index >= 15 is 0 Å². The van der Waals surface area contributed by atoms with E-state index < -0.39 is 0 Å². The molecule has 0 saturated heterocycles. The minimum Gasteiger partial charge on any atom is -0.486 e. The van der Waals surface area contributed by atoms with Crippen LogP contribution in [-0.4, -0.2) is 34.5 Å². The number of hydrogen-bond donors (Lipinski definition) is 1. The van der Waals surface area contributed by atoms with Crippen molar-refractivity contribution >= 4 is 29.6 Å². The van der Waals surface area contributed by atoms with Crippen LogP contribution in [0.25, 0.3) is 0 Å². The first-order valence-electron chi connectivity index (χ1n) is 8.30. The van der Waals surface area contributed by atoms with E-state index in [1.54, 1.807) is 61.1 Å². The number of hydrogen-bond acceptors (Lipinski definition) is 5. The van der Waals surface area contributed by atoms with Crippen LogP contribution in [0.2, 0.25) is 5.02 Å². The summed E-state index contributed by atoms with van der Waals surface area (Å²) < 4.78 is 5.67. The predicted octanol–water partition coefficient (Wildman–Crippen LogP) is 3.37. The summed E-state index contributed by atoms with van der Waals surface area (Å²) in [7, 11) is 0. The van der Waals surface area contributed by atoms with Crippen LogP contribution in [0.4, 0.5) is 0 Å². The molecule has 8 heteroatoms. The Morgan fingerprint density at radius 2 is 1.86 bits per heavy atom. The van der Waals surface area contributed by atoms with E-state index in [-0.39, 0.29) is 18.3 Å². The number of hydrazone groups is 1. The van der Waals surface area contributed by atoms with Gasteiger partial charge in [-0.15, -0.1) is 0 Å². The van der Waals surface area contributed by atoms with Gasteiger partial charge in [0.1, 0.15) is 12.4 Å². The molecule has 1 amide bonds. The largest absolute Gasteiger partial charge is 0.486 e. The smallest absolute Gasteiger partial charge is 0.271 e. The number of nitrogens with zero attached hydrogens (tertiary/aromatic N) is 4. The van der Waals surface area contributed by atoms with Crippen LogP contribution in [0.5, 0.6) is 5.75 Å². The molecule has 28 heavy (non-hydrogen) atoms. The van der Waals surface area contributed by atoms with Crippen molar-refractivity contribution in [1.29, 1.82) is 0 Å². The molecular weight excluding hydrogens is 378 g/mol. The van der Waals surface area contributed by atoms with Gasteiger partial charge in [0.25, 0.3) is 5.91 Å². The van der Waals surface area contributed by atoms with E-state index in [1.807, 2.05) is 6.07 Å². The molecule has 2 heterocycles. The monoisotopic (exact) mass is 393 g/mol. The summed E-state index contributed by atoms with van der Waals surface area (Å²) in [5.74, 6) is 0.512. The van der Waals surface area contributed by atoms with Crippen LogP contribution in [0.3, 0.4) is 0 Å². The molecule has 0 spiro atoms. The molecule has 0 bridgehead atoms. The van der Waals surface area contributed by atoms with Crippen molar-refractivity contribution < 1.29 is 9.53 Å². The fourth-order valence-corrected chi connectivity index (χ4v) is 2.19. The van der Waals surface area contributed by atoms with Gasteiger partial charge in [0.2, 0.25) is 0 Å². The predicted molar refractivity (Wildman–Crippen MR) is 108 cm³/mol. The van der Waals surface area contributed by atoms with Crippen molar-refractivity contribution in [2.45, 2.75) is 0 Å². The maximum Gasteiger partial charge on any atom is 0.271 e. The number of aliphatic imine (C=N–C) groups is 1. The van der Waals surface area contributed by atoms with E-state index in [0.717, 1.165) is 5.56 Å². The summed E-state index contributed by atoms with van der Waals surface area (Å²) in [4.78, 5) is 24.4. The number of rotatable bonds is 6. The second-order valence-electron chi connectivity index (χ2n) is 5.49. The number of amides is 1. The summed E-state index contributed by atoms with van der Waals surface area (Å²) in [6.45, 7) is 0.0506. The topological polar surface area (TPSA) is 88.8 Å².